The zero-order chi connectivity index (χ0) is 16.4. The van der Waals surface area contributed by atoms with Crippen LogP contribution in [-0.4, -0.2) is 63.9 Å². The fraction of sp³-hybridized carbons (Fsp3) is 0.400. The van der Waals surface area contributed by atoms with E-state index in [1.54, 1.807) is 11.0 Å². The van der Waals surface area contributed by atoms with E-state index < -0.39 is 0 Å². The summed E-state index contributed by atoms with van der Waals surface area (Å²) in [6, 6.07) is 7.45. The average Bonchev–Trinajstić information content (AvgIpc) is 2.91. The molecule has 2 N–H and O–H groups in total. The number of amides is 1. The number of piperazine rings is 1. The third kappa shape index (κ3) is 3.30. The van der Waals surface area contributed by atoms with Crippen molar-refractivity contribution >= 4 is 23.3 Å². The molecule has 1 aromatic carbocycles. The van der Waals surface area contributed by atoms with Crippen LogP contribution in [0.3, 0.4) is 0 Å². The van der Waals surface area contributed by atoms with Crippen LogP contribution in [0.4, 0.5) is 5.82 Å². The number of nitrogen functional groups attached to an aromatic ring is 1. The molecule has 1 saturated heterocycles. The molecule has 0 unspecified atom stereocenters. The van der Waals surface area contributed by atoms with Crippen molar-refractivity contribution in [2.75, 3.05) is 39.0 Å². The second-order valence-electron chi connectivity index (χ2n) is 5.67. The third-order valence-electron chi connectivity index (χ3n) is 4.04. The minimum absolute atomic E-state index is 0.166. The maximum absolute atomic E-state index is 12.5. The lowest BCUT2D eigenvalue weighted by molar-refractivity contribution is 0.0659. The quantitative estimate of drug-likeness (QED) is 0.904. The summed E-state index contributed by atoms with van der Waals surface area (Å²) in [7, 11) is 2.04. The summed E-state index contributed by atoms with van der Waals surface area (Å²) in [5, 5.41) is 8.62. The fourth-order valence-electron chi connectivity index (χ4n) is 2.54. The summed E-state index contributed by atoms with van der Waals surface area (Å²) in [4.78, 5) is 16.5. The Morgan fingerprint density at radius 2 is 1.96 bits per heavy atom. The van der Waals surface area contributed by atoms with Crippen molar-refractivity contribution < 1.29 is 4.79 Å². The molecule has 0 radical (unpaired) electrons. The number of nitrogens with two attached hydrogens (primary N) is 1. The van der Waals surface area contributed by atoms with Crippen molar-refractivity contribution in [1.29, 1.82) is 0 Å². The lowest BCUT2D eigenvalue weighted by atomic mass is 10.2. The van der Waals surface area contributed by atoms with E-state index in [9.17, 15) is 4.79 Å². The molecule has 0 spiro atoms. The molecular formula is C15H19ClN6O. The first-order valence-electron chi connectivity index (χ1n) is 7.46. The van der Waals surface area contributed by atoms with Crippen LogP contribution in [0, 0.1) is 0 Å². The van der Waals surface area contributed by atoms with E-state index in [0.29, 0.717) is 24.7 Å². The van der Waals surface area contributed by atoms with Gasteiger partial charge in [0.05, 0.1) is 6.54 Å². The first kappa shape index (κ1) is 15.8. The smallest absolute Gasteiger partial charge is 0.278 e. The van der Waals surface area contributed by atoms with Crippen LogP contribution >= 0.6 is 11.6 Å². The number of carbonyl (C=O) groups is 1. The molecule has 3 rings (SSSR count). The summed E-state index contributed by atoms with van der Waals surface area (Å²) in [5.41, 5.74) is 7.16. The van der Waals surface area contributed by atoms with Gasteiger partial charge in [-0.25, -0.2) is 4.68 Å². The van der Waals surface area contributed by atoms with E-state index in [0.717, 1.165) is 18.7 Å². The maximum atomic E-state index is 12.5. The molecule has 0 bridgehead atoms. The predicted octanol–water partition coefficient (Wildman–Crippen LogP) is 0.950. The molecule has 2 aromatic rings. The van der Waals surface area contributed by atoms with E-state index in [1.807, 2.05) is 25.2 Å². The number of aromatic nitrogens is 3. The topological polar surface area (TPSA) is 80.3 Å². The van der Waals surface area contributed by atoms with E-state index in [4.69, 9.17) is 17.3 Å². The molecule has 2 heterocycles. The normalized spacial score (nSPS) is 15.8. The van der Waals surface area contributed by atoms with Crippen LogP contribution in [0.2, 0.25) is 5.02 Å². The van der Waals surface area contributed by atoms with Crippen LogP contribution in [-0.2, 0) is 6.54 Å². The summed E-state index contributed by atoms with van der Waals surface area (Å²) >= 11 is 6.15. The van der Waals surface area contributed by atoms with Gasteiger partial charge in [-0.2, -0.15) is 0 Å². The van der Waals surface area contributed by atoms with Gasteiger partial charge >= 0.3 is 0 Å². The lowest BCUT2D eigenvalue weighted by Gasteiger charge is -2.31. The highest BCUT2D eigenvalue weighted by Gasteiger charge is 2.25. The van der Waals surface area contributed by atoms with Crippen LogP contribution in [0.25, 0.3) is 0 Å². The average molecular weight is 335 g/mol. The molecule has 0 atom stereocenters. The van der Waals surface area contributed by atoms with Gasteiger partial charge in [-0.05, 0) is 18.7 Å². The van der Waals surface area contributed by atoms with Crippen LogP contribution in [0.15, 0.2) is 24.3 Å². The van der Waals surface area contributed by atoms with Gasteiger partial charge in [-0.15, -0.1) is 5.10 Å². The lowest BCUT2D eigenvalue weighted by Crippen LogP contribution is -2.47. The summed E-state index contributed by atoms with van der Waals surface area (Å²) in [5.74, 6) is 0.106. The van der Waals surface area contributed by atoms with Gasteiger partial charge in [-0.3, -0.25) is 4.79 Å². The Bertz CT molecular complexity index is 708. The molecule has 0 aliphatic carbocycles. The Kier molecular flexibility index (Phi) is 4.49. The molecule has 1 aromatic heterocycles. The van der Waals surface area contributed by atoms with Gasteiger partial charge in [-0.1, -0.05) is 35.0 Å². The zero-order valence-electron chi connectivity index (χ0n) is 12.9. The number of carbonyl (C=O) groups excluding carboxylic acids is 1. The second kappa shape index (κ2) is 6.55. The van der Waals surface area contributed by atoms with Crippen LogP contribution < -0.4 is 5.73 Å². The summed E-state index contributed by atoms with van der Waals surface area (Å²) < 4.78 is 1.50. The SMILES string of the molecule is CN1CCN(C(=O)c2nnn(Cc3ccccc3Cl)c2N)CC1. The van der Waals surface area contributed by atoms with Gasteiger partial charge in [0.25, 0.3) is 5.91 Å². The first-order chi connectivity index (χ1) is 11.1. The number of benzene rings is 1. The number of hydrogen-bond acceptors (Lipinski definition) is 5. The molecule has 1 aliphatic rings. The minimum atomic E-state index is -0.166. The van der Waals surface area contributed by atoms with E-state index >= 15 is 0 Å². The number of nitrogens with zero attached hydrogens (tertiary/aromatic N) is 5. The number of hydrogen-bond donors (Lipinski definition) is 1. The van der Waals surface area contributed by atoms with Gasteiger partial charge in [0.2, 0.25) is 0 Å². The molecule has 1 fully saturated rings. The molecule has 23 heavy (non-hydrogen) atoms. The molecule has 122 valence electrons. The van der Waals surface area contributed by atoms with Crippen molar-refractivity contribution in [3.05, 3.63) is 40.5 Å². The van der Waals surface area contributed by atoms with Gasteiger partial charge in [0.15, 0.2) is 11.5 Å². The Balaban J connectivity index is 1.77. The minimum Gasteiger partial charge on any atom is -0.382 e. The fourth-order valence-corrected chi connectivity index (χ4v) is 2.73. The molecule has 7 nitrogen and oxygen atoms in total. The Labute approximate surface area is 139 Å². The predicted molar refractivity (Wildman–Crippen MR) is 88.4 cm³/mol. The zero-order valence-corrected chi connectivity index (χ0v) is 13.7. The Morgan fingerprint density at radius 3 is 2.65 bits per heavy atom. The molecule has 8 heteroatoms. The van der Waals surface area contributed by atoms with Crippen molar-refractivity contribution in [3.63, 3.8) is 0 Å². The second-order valence-corrected chi connectivity index (χ2v) is 6.08. The highest BCUT2D eigenvalue weighted by atomic mass is 35.5. The van der Waals surface area contributed by atoms with Gasteiger partial charge < -0.3 is 15.5 Å². The van der Waals surface area contributed by atoms with Crippen molar-refractivity contribution in [1.82, 2.24) is 24.8 Å². The highest BCUT2D eigenvalue weighted by Crippen LogP contribution is 2.19. The Morgan fingerprint density at radius 1 is 1.26 bits per heavy atom. The Hall–Kier alpha value is -2.12. The first-order valence-corrected chi connectivity index (χ1v) is 7.84. The van der Waals surface area contributed by atoms with Gasteiger partial charge in [0.1, 0.15) is 0 Å². The molecule has 0 saturated carbocycles. The standard InChI is InChI=1S/C15H19ClN6O/c1-20-6-8-21(9-7-20)15(23)13-14(17)22(19-18-13)10-11-4-2-3-5-12(11)16/h2-5H,6-10,17H2,1H3. The number of rotatable bonds is 3. The number of likely N-dealkylation sites (N-methyl/N-ethyl adjacent to an activating group) is 1. The van der Waals surface area contributed by atoms with Crippen LogP contribution in [0.1, 0.15) is 16.1 Å². The number of anilines is 1. The van der Waals surface area contributed by atoms with Crippen LogP contribution in [0.5, 0.6) is 0 Å². The number of halogens is 1. The van der Waals surface area contributed by atoms with E-state index in [2.05, 4.69) is 15.2 Å². The largest absolute Gasteiger partial charge is 0.382 e. The highest BCUT2D eigenvalue weighted by molar-refractivity contribution is 6.31. The molecule has 1 amide bonds. The summed E-state index contributed by atoms with van der Waals surface area (Å²) in [6.07, 6.45) is 0. The summed E-state index contributed by atoms with van der Waals surface area (Å²) in [6.45, 7) is 3.42. The maximum Gasteiger partial charge on any atom is 0.278 e. The van der Waals surface area contributed by atoms with Crippen molar-refractivity contribution in [2.24, 2.45) is 0 Å². The van der Waals surface area contributed by atoms with Crippen molar-refractivity contribution in [3.8, 4) is 0 Å². The molecule has 1 aliphatic heterocycles. The molecular weight excluding hydrogens is 316 g/mol. The van der Waals surface area contributed by atoms with E-state index in [-0.39, 0.29) is 17.4 Å². The monoisotopic (exact) mass is 334 g/mol. The van der Waals surface area contributed by atoms with Gasteiger partial charge in [0, 0.05) is 31.2 Å². The van der Waals surface area contributed by atoms with E-state index in [1.165, 1.54) is 4.68 Å². The third-order valence-corrected chi connectivity index (χ3v) is 4.41. The van der Waals surface area contributed by atoms with Crippen molar-refractivity contribution in [2.45, 2.75) is 6.54 Å².